The van der Waals surface area contributed by atoms with E-state index in [2.05, 4.69) is 10.6 Å². The summed E-state index contributed by atoms with van der Waals surface area (Å²) < 4.78 is 0. The Hall–Kier alpha value is -1.63. The molecule has 1 heterocycles. The van der Waals surface area contributed by atoms with E-state index in [0.29, 0.717) is 19.4 Å². The Morgan fingerprint density at radius 3 is 2.74 bits per heavy atom. The molecule has 0 bridgehead atoms. The zero-order valence-corrected chi connectivity index (χ0v) is 10.5. The minimum atomic E-state index is -0.844. The molecule has 6 nitrogen and oxygen atoms in total. The first-order chi connectivity index (χ1) is 9.06. The van der Waals surface area contributed by atoms with Crippen LogP contribution in [0.3, 0.4) is 0 Å². The van der Waals surface area contributed by atoms with Crippen LogP contribution < -0.4 is 16.4 Å². The Bertz CT molecular complexity index is 435. The van der Waals surface area contributed by atoms with E-state index >= 15 is 0 Å². The van der Waals surface area contributed by atoms with Crippen LogP contribution in [0.1, 0.15) is 12.0 Å². The number of hydrogen-bond acceptors (Lipinski definition) is 5. The van der Waals surface area contributed by atoms with Crippen molar-refractivity contribution < 1.29 is 15.0 Å². The highest BCUT2D eigenvalue weighted by Gasteiger charge is 2.28. The molecule has 19 heavy (non-hydrogen) atoms. The summed E-state index contributed by atoms with van der Waals surface area (Å²) in [4.78, 5) is 11.0. The molecule has 0 aromatic heterocycles. The van der Waals surface area contributed by atoms with Gasteiger partial charge >= 0.3 is 5.97 Å². The fraction of sp³-hybridized carbons (Fsp3) is 0.462. The number of rotatable bonds is 4. The Kier molecular flexibility index (Phi) is 4.36. The topological polar surface area (TPSA) is 108 Å². The summed E-state index contributed by atoms with van der Waals surface area (Å²) in [5.74, 6) is -0.625. The van der Waals surface area contributed by atoms with Crippen LogP contribution >= 0.6 is 0 Å². The molecular weight excluding hydrogens is 246 g/mol. The average molecular weight is 265 g/mol. The predicted molar refractivity (Wildman–Crippen MR) is 70.8 cm³/mol. The average Bonchev–Trinajstić information content (AvgIpc) is 2.41. The number of carboxylic acids is 1. The van der Waals surface area contributed by atoms with Gasteiger partial charge in [-0.05, 0) is 37.1 Å². The van der Waals surface area contributed by atoms with E-state index in [4.69, 9.17) is 10.8 Å². The smallest absolute Gasteiger partial charge is 0.320 e. The number of phenolic OH excluding ortho intramolecular Hbond substituents is 1. The van der Waals surface area contributed by atoms with Crippen LogP contribution in [0.4, 0.5) is 0 Å². The van der Waals surface area contributed by atoms with E-state index in [1.165, 1.54) is 0 Å². The lowest BCUT2D eigenvalue weighted by molar-refractivity contribution is -0.140. The van der Waals surface area contributed by atoms with Gasteiger partial charge in [0.25, 0.3) is 0 Å². The van der Waals surface area contributed by atoms with Gasteiger partial charge in [0, 0.05) is 6.04 Å². The van der Waals surface area contributed by atoms with Gasteiger partial charge in [-0.15, -0.1) is 0 Å². The van der Waals surface area contributed by atoms with Crippen molar-refractivity contribution in [2.24, 2.45) is 5.73 Å². The van der Waals surface area contributed by atoms with Crippen molar-refractivity contribution in [1.29, 1.82) is 0 Å². The van der Waals surface area contributed by atoms with Gasteiger partial charge in [-0.3, -0.25) is 10.1 Å². The molecule has 0 saturated carbocycles. The summed E-state index contributed by atoms with van der Waals surface area (Å²) in [6, 6.07) is 6.08. The summed E-state index contributed by atoms with van der Waals surface area (Å²) in [6.07, 6.45) is 0.943. The molecule has 1 aliphatic heterocycles. The largest absolute Gasteiger partial charge is 0.508 e. The molecule has 2 unspecified atom stereocenters. The molecule has 2 rings (SSSR count). The highest BCUT2D eigenvalue weighted by atomic mass is 16.4. The molecule has 6 N–H and O–H groups in total. The van der Waals surface area contributed by atoms with E-state index in [1.54, 1.807) is 12.1 Å². The van der Waals surface area contributed by atoms with Gasteiger partial charge in [0.1, 0.15) is 11.8 Å². The van der Waals surface area contributed by atoms with Crippen molar-refractivity contribution in [3.8, 4) is 5.75 Å². The van der Waals surface area contributed by atoms with E-state index in [-0.39, 0.29) is 18.0 Å². The second-order valence-electron chi connectivity index (χ2n) is 4.81. The molecule has 1 saturated heterocycles. The van der Waals surface area contributed by atoms with Crippen LogP contribution in [0.15, 0.2) is 24.3 Å². The highest BCUT2D eigenvalue weighted by molar-refractivity contribution is 5.73. The molecule has 3 atom stereocenters. The van der Waals surface area contributed by atoms with Crippen molar-refractivity contribution in [3.63, 3.8) is 0 Å². The van der Waals surface area contributed by atoms with E-state index < -0.39 is 12.0 Å². The first-order valence-corrected chi connectivity index (χ1v) is 6.32. The standard InChI is InChI=1S/C13H19N3O3/c14-10(7-8-1-3-9(17)4-2-8)12-15-6-5-11(16-12)13(18)19/h1-4,10-12,15-17H,5-7,14H2,(H,18,19)/t10?,11-,12?/m0/s1. The molecule has 6 heteroatoms. The fourth-order valence-corrected chi connectivity index (χ4v) is 2.23. The second-order valence-corrected chi connectivity index (χ2v) is 4.81. The van der Waals surface area contributed by atoms with Crippen LogP contribution in [-0.2, 0) is 11.2 Å². The molecule has 1 aromatic rings. The number of benzene rings is 1. The second kappa shape index (κ2) is 6.01. The lowest BCUT2D eigenvalue weighted by atomic mass is 10.0. The van der Waals surface area contributed by atoms with E-state index in [9.17, 15) is 9.90 Å². The molecule has 1 fully saturated rings. The summed E-state index contributed by atoms with van der Waals surface area (Å²) in [7, 11) is 0. The van der Waals surface area contributed by atoms with E-state index in [0.717, 1.165) is 5.56 Å². The zero-order chi connectivity index (χ0) is 13.8. The number of nitrogens with two attached hydrogens (primary N) is 1. The van der Waals surface area contributed by atoms with Crippen LogP contribution in [0.2, 0.25) is 0 Å². The van der Waals surface area contributed by atoms with Crippen molar-refractivity contribution in [3.05, 3.63) is 29.8 Å². The van der Waals surface area contributed by atoms with Gasteiger partial charge in [0.2, 0.25) is 0 Å². The Morgan fingerprint density at radius 2 is 2.11 bits per heavy atom. The Balaban J connectivity index is 1.93. The fourth-order valence-electron chi connectivity index (χ4n) is 2.23. The number of hydrogen-bond donors (Lipinski definition) is 5. The van der Waals surface area contributed by atoms with Crippen molar-refractivity contribution in [2.45, 2.75) is 31.1 Å². The van der Waals surface area contributed by atoms with Crippen LogP contribution in [0.25, 0.3) is 0 Å². The maximum Gasteiger partial charge on any atom is 0.320 e. The van der Waals surface area contributed by atoms with Crippen LogP contribution in [0.5, 0.6) is 5.75 Å². The van der Waals surface area contributed by atoms with Gasteiger partial charge in [0.15, 0.2) is 0 Å². The van der Waals surface area contributed by atoms with Crippen LogP contribution in [0, 0.1) is 0 Å². The van der Waals surface area contributed by atoms with Gasteiger partial charge in [0.05, 0.1) is 6.17 Å². The first kappa shape index (κ1) is 13.8. The summed E-state index contributed by atoms with van der Waals surface area (Å²) in [6.45, 7) is 0.637. The molecule has 1 aliphatic rings. The third-order valence-corrected chi connectivity index (χ3v) is 3.31. The molecule has 0 amide bonds. The normalized spacial score (nSPS) is 24.9. The third kappa shape index (κ3) is 3.66. The quantitative estimate of drug-likeness (QED) is 0.508. The number of carboxylic acid groups (broad SMARTS) is 1. The summed E-state index contributed by atoms with van der Waals surface area (Å²) in [5.41, 5.74) is 7.11. The predicted octanol–water partition coefficient (Wildman–Crippen LogP) is -0.376. The third-order valence-electron chi connectivity index (χ3n) is 3.31. The molecule has 0 radical (unpaired) electrons. The Labute approximate surface area is 111 Å². The van der Waals surface area contributed by atoms with Crippen molar-refractivity contribution in [1.82, 2.24) is 10.6 Å². The number of nitrogens with one attached hydrogen (secondary N) is 2. The molecule has 0 aliphatic carbocycles. The van der Waals surface area contributed by atoms with Gasteiger partial charge in [-0.1, -0.05) is 12.1 Å². The monoisotopic (exact) mass is 265 g/mol. The number of carbonyl (C=O) groups is 1. The lowest BCUT2D eigenvalue weighted by Crippen LogP contribution is -2.63. The van der Waals surface area contributed by atoms with Gasteiger partial charge < -0.3 is 21.3 Å². The van der Waals surface area contributed by atoms with E-state index in [1.807, 2.05) is 12.1 Å². The number of aliphatic carboxylic acids is 1. The van der Waals surface area contributed by atoms with Gasteiger partial charge in [-0.25, -0.2) is 0 Å². The lowest BCUT2D eigenvalue weighted by Gasteiger charge is -2.33. The molecular formula is C13H19N3O3. The van der Waals surface area contributed by atoms with Gasteiger partial charge in [-0.2, -0.15) is 0 Å². The SMILES string of the molecule is NC(Cc1ccc(O)cc1)C1NCC[C@@H](C(=O)O)N1. The zero-order valence-electron chi connectivity index (χ0n) is 10.5. The van der Waals surface area contributed by atoms with Crippen molar-refractivity contribution in [2.75, 3.05) is 6.54 Å². The Morgan fingerprint density at radius 1 is 1.42 bits per heavy atom. The molecule has 0 spiro atoms. The minimum absolute atomic E-state index is 0.219. The van der Waals surface area contributed by atoms with Crippen molar-refractivity contribution >= 4 is 5.97 Å². The highest BCUT2D eigenvalue weighted by Crippen LogP contribution is 2.12. The number of phenols is 1. The first-order valence-electron chi connectivity index (χ1n) is 6.32. The maximum absolute atomic E-state index is 11.0. The molecule has 104 valence electrons. The number of aromatic hydroxyl groups is 1. The summed E-state index contributed by atoms with van der Waals surface area (Å²) >= 11 is 0. The maximum atomic E-state index is 11.0. The summed E-state index contributed by atoms with van der Waals surface area (Å²) in [5, 5.41) is 24.4. The van der Waals surface area contributed by atoms with Crippen LogP contribution in [-0.4, -0.2) is 41.0 Å². The minimum Gasteiger partial charge on any atom is -0.508 e. The molecule has 1 aromatic carbocycles.